The van der Waals surface area contributed by atoms with E-state index in [0.717, 1.165) is 23.4 Å². The van der Waals surface area contributed by atoms with Gasteiger partial charge in [-0.05, 0) is 42.7 Å². The SMILES string of the molecule is Cc1cc(CNCc2ccco2)cc(C)c1O. The number of aromatic hydroxyl groups is 1. The van der Waals surface area contributed by atoms with E-state index in [9.17, 15) is 5.11 Å². The van der Waals surface area contributed by atoms with Crippen molar-refractivity contribution in [1.82, 2.24) is 5.32 Å². The highest BCUT2D eigenvalue weighted by Crippen LogP contribution is 2.22. The molecule has 0 bridgehead atoms. The normalized spacial score (nSPS) is 10.7. The van der Waals surface area contributed by atoms with E-state index in [0.29, 0.717) is 12.3 Å². The van der Waals surface area contributed by atoms with Crippen LogP contribution in [-0.2, 0) is 13.1 Å². The Bertz CT molecular complexity index is 466. The van der Waals surface area contributed by atoms with E-state index in [-0.39, 0.29) is 0 Å². The zero-order valence-electron chi connectivity index (χ0n) is 10.2. The first-order chi connectivity index (χ1) is 8.16. The topological polar surface area (TPSA) is 45.4 Å². The number of hydrogen-bond acceptors (Lipinski definition) is 3. The molecule has 0 saturated carbocycles. The third kappa shape index (κ3) is 2.88. The minimum Gasteiger partial charge on any atom is -0.507 e. The first-order valence-corrected chi connectivity index (χ1v) is 5.69. The van der Waals surface area contributed by atoms with Crippen molar-refractivity contribution in [1.29, 1.82) is 0 Å². The van der Waals surface area contributed by atoms with Crippen LogP contribution in [0.25, 0.3) is 0 Å². The minimum atomic E-state index is 0.389. The van der Waals surface area contributed by atoms with Crippen molar-refractivity contribution in [2.24, 2.45) is 0 Å². The second-order valence-corrected chi connectivity index (χ2v) is 4.26. The lowest BCUT2D eigenvalue weighted by Crippen LogP contribution is -2.12. The summed E-state index contributed by atoms with van der Waals surface area (Å²) in [5, 5.41) is 13.0. The summed E-state index contributed by atoms with van der Waals surface area (Å²) >= 11 is 0. The van der Waals surface area contributed by atoms with Gasteiger partial charge in [0, 0.05) is 6.54 Å². The highest BCUT2D eigenvalue weighted by atomic mass is 16.3. The van der Waals surface area contributed by atoms with Crippen LogP contribution in [0.1, 0.15) is 22.5 Å². The van der Waals surface area contributed by atoms with Crippen molar-refractivity contribution in [2.45, 2.75) is 26.9 Å². The van der Waals surface area contributed by atoms with Crippen LogP contribution in [-0.4, -0.2) is 5.11 Å². The molecule has 0 amide bonds. The molecule has 1 aromatic carbocycles. The smallest absolute Gasteiger partial charge is 0.121 e. The Balaban J connectivity index is 1.95. The molecular formula is C14H17NO2. The summed E-state index contributed by atoms with van der Waals surface area (Å²) in [5.41, 5.74) is 3.00. The molecule has 0 aliphatic heterocycles. The maximum atomic E-state index is 9.67. The highest BCUT2D eigenvalue weighted by molar-refractivity contribution is 5.42. The first kappa shape index (κ1) is 11.7. The van der Waals surface area contributed by atoms with Gasteiger partial charge in [0.25, 0.3) is 0 Å². The van der Waals surface area contributed by atoms with Crippen molar-refractivity contribution < 1.29 is 9.52 Å². The predicted octanol–water partition coefficient (Wildman–Crippen LogP) is 2.89. The molecule has 1 aromatic heterocycles. The van der Waals surface area contributed by atoms with E-state index in [4.69, 9.17) is 4.42 Å². The van der Waals surface area contributed by atoms with Crippen LogP contribution in [0.4, 0.5) is 0 Å². The molecule has 2 aromatic rings. The van der Waals surface area contributed by atoms with E-state index in [1.165, 1.54) is 5.56 Å². The number of furan rings is 1. The minimum absolute atomic E-state index is 0.389. The molecule has 2 N–H and O–H groups in total. The van der Waals surface area contributed by atoms with E-state index in [1.54, 1.807) is 6.26 Å². The lowest BCUT2D eigenvalue weighted by atomic mass is 10.1. The number of benzene rings is 1. The van der Waals surface area contributed by atoms with Gasteiger partial charge < -0.3 is 14.8 Å². The second kappa shape index (κ2) is 5.06. The summed E-state index contributed by atoms with van der Waals surface area (Å²) in [6.45, 7) is 5.31. The van der Waals surface area contributed by atoms with Gasteiger partial charge in [0.15, 0.2) is 0 Å². The summed E-state index contributed by atoms with van der Waals surface area (Å²) in [4.78, 5) is 0. The molecule has 3 nitrogen and oxygen atoms in total. The third-order valence-corrected chi connectivity index (χ3v) is 2.76. The van der Waals surface area contributed by atoms with E-state index < -0.39 is 0 Å². The van der Waals surface area contributed by atoms with Crippen LogP contribution in [0.5, 0.6) is 5.75 Å². The van der Waals surface area contributed by atoms with Gasteiger partial charge in [-0.25, -0.2) is 0 Å². The van der Waals surface area contributed by atoms with Gasteiger partial charge in [0.2, 0.25) is 0 Å². The Labute approximate surface area is 101 Å². The maximum Gasteiger partial charge on any atom is 0.121 e. The van der Waals surface area contributed by atoms with Crippen LogP contribution >= 0.6 is 0 Å². The Hall–Kier alpha value is -1.74. The third-order valence-electron chi connectivity index (χ3n) is 2.76. The molecule has 0 fully saturated rings. The van der Waals surface area contributed by atoms with Gasteiger partial charge in [0.1, 0.15) is 11.5 Å². The predicted molar refractivity (Wildman–Crippen MR) is 66.8 cm³/mol. The molecule has 90 valence electrons. The van der Waals surface area contributed by atoms with Gasteiger partial charge in [-0.15, -0.1) is 0 Å². The van der Waals surface area contributed by atoms with Gasteiger partial charge in [-0.3, -0.25) is 0 Å². The van der Waals surface area contributed by atoms with Crippen LogP contribution in [0, 0.1) is 13.8 Å². The molecule has 2 rings (SSSR count). The van der Waals surface area contributed by atoms with Crippen LogP contribution < -0.4 is 5.32 Å². The highest BCUT2D eigenvalue weighted by Gasteiger charge is 2.03. The lowest BCUT2D eigenvalue weighted by Gasteiger charge is -2.08. The summed E-state index contributed by atoms with van der Waals surface area (Å²) in [5.74, 6) is 1.32. The first-order valence-electron chi connectivity index (χ1n) is 5.69. The molecule has 0 unspecified atom stereocenters. The molecule has 0 radical (unpaired) electrons. The molecule has 0 aliphatic rings. The summed E-state index contributed by atoms with van der Waals surface area (Å²) in [6, 6.07) is 7.82. The Morgan fingerprint density at radius 3 is 2.47 bits per heavy atom. The zero-order valence-corrected chi connectivity index (χ0v) is 10.2. The Kier molecular flexibility index (Phi) is 3.49. The second-order valence-electron chi connectivity index (χ2n) is 4.26. The quantitative estimate of drug-likeness (QED) is 0.850. The largest absolute Gasteiger partial charge is 0.507 e. The van der Waals surface area contributed by atoms with Gasteiger partial charge >= 0.3 is 0 Å². The number of hydrogen-bond donors (Lipinski definition) is 2. The van der Waals surface area contributed by atoms with Crippen molar-refractivity contribution in [3.63, 3.8) is 0 Å². The molecule has 0 spiro atoms. The summed E-state index contributed by atoms with van der Waals surface area (Å²) in [6.07, 6.45) is 1.67. The van der Waals surface area contributed by atoms with E-state index in [2.05, 4.69) is 5.32 Å². The maximum absolute atomic E-state index is 9.67. The van der Waals surface area contributed by atoms with Gasteiger partial charge in [-0.2, -0.15) is 0 Å². The van der Waals surface area contributed by atoms with Crippen molar-refractivity contribution in [3.05, 3.63) is 53.0 Å². The van der Waals surface area contributed by atoms with Crippen molar-refractivity contribution in [3.8, 4) is 5.75 Å². The van der Waals surface area contributed by atoms with Crippen LogP contribution in [0.3, 0.4) is 0 Å². The molecule has 0 aliphatic carbocycles. The molecule has 0 atom stereocenters. The van der Waals surface area contributed by atoms with Gasteiger partial charge in [-0.1, -0.05) is 12.1 Å². The molecule has 17 heavy (non-hydrogen) atoms. The molecule has 1 heterocycles. The Morgan fingerprint density at radius 2 is 1.88 bits per heavy atom. The Morgan fingerprint density at radius 1 is 1.18 bits per heavy atom. The average molecular weight is 231 g/mol. The summed E-state index contributed by atoms with van der Waals surface area (Å²) in [7, 11) is 0. The monoisotopic (exact) mass is 231 g/mol. The molecular weight excluding hydrogens is 214 g/mol. The van der Waals surface area contributed by atoms with Crippen LogP contribution in [0.15, 0.2) is 34.9 Å². The van der Waals surface area contributed by atoms with Gasteiger partial charge in [0.05, 0.1) is 12.8 Å². The summed E-state index contributed by atoms with van der Waals surface area (Å²) < 4.78 is 5.24. The molecule has 3 heteroatoms. The zero-order chi connectivity index (χ0) is 12.3. The fourth-order valence-electron chi connectivity index (χ4n) is 1.89. The fourth-order valence-corrected chi connectivity index (χ4v) is 1.89. The van der Waals surface area contributed by atoms with Crippen LogP contribution in [0.2, 0.25) is 0 Å². The van der Waals surface area contributed by atoms with Crippen molar-refractivity contribution in [2.75, 3.05) is 0 Å². The average Bonchev–Trinajstić information content (AvgIpc) is 2.79. The number of nitrogens with one attached hydrogen (secondary N) is 1. The van der Waals surface area contributed by atoms with E-state index in [1.807, 2.05) is 38.1 Å². The van der Waals surface area contributed by atoms with Crippen molar-refractivity contribution >= 4 is 0 Å². The number of aryl methyl sites for hydroxylation is 2. The number of phenolic OH excluding ortho intramolecular Hbond substituents is 1. The van der Waals surface area contributed by atoms with E-state index >= 15 is 0 Å². The number of phenols is 1. The molecule has 0 saturated heterocycles. The fraction of sp³-hybridized carbons (Fsp3) is 0.286. The lowest BCUT2D eigenvalue weighted by molar-refractivity contribution is 0.465. The number of rotatable bonds is 4. The standard InChI is InChI=1S/C14H17NO2/c1-10-6-12(7-11(2)14(10)16)8-15-9-13-4-3-5-17-13/h3-7,15-16H,8-9H2,1-2H3.